The van der Waals surface area contributed by atoms with Crippen molar-refractivity contribution >= 4 is 29.0 Å². The SMILES string of the molecule is Cl.O=c1cc(C2CCNCC2)n2nc3cccc(-c4ccccc4OC(F)(F)F)c3c2[nH]1. The van der Waals surface area contributed by atoms with E-state index in [0.29, 0.717) is 22.1 Å². The molecule has 2 aromatic heterocycles. The Morgan fingerprint density at radius 2 is 1.75 bits per heavy atom. The normalized spacial score (nSPS) is 15.1. The number of ether oxygens (including phenoxy) is 1. The molecule has 32 heavy (non-hydrogen) atoms. The molecule has 0 spiro atoms. The van der Waals surface area contributed by atoms with Crippen LogP contribution in [0.3, 0.4) is 0 Å². The van der Waals surface area contributed by atoms with Crippen molar-refractivity contribution in [3.8, 4) is 16.9 Å². The van der Waals surface area contributed by atoms with Gasteiger partial charge in [-0.05, 0) is 43.6 Å². The van der Waals surface area contributed by atoms with Gasteiger partial charge in [-0.1, -0.05) is 30.3 Å². The lowest BCUT2D eigenvalue weighted by molar-refractivity contribution is -0.274. The van der Waals surface area contributed by atoms with Gasteiger partial charge in [-0.3, -0.25) is 4.79 Å². The zero-order valence-corrected chi connectivity index (χ0v) is 17.6. The number of para-hydroxylation sites is 1. The average Bonchev–Trinajstić information content (AvgIpc) is 3.12. The third-order valence-electron chi connectivity index (χ3n) is 5.62. The fraction of sp³-hybridized carbons (Fsp3) is 0.273. The highest BCUT2D eigenvalue weighted by Gasteiger charge is 2.32. The summed E-state index contributed by atoms with van der Waals surface area (Å²) in [5, 5.41) is 8.57. The second kappa shape index (κ2) is 8.48. The summed E-state index contributed by atoms with van der Waals surface area (Å²) in [4.78, 5) is 15.3. The fourth-order valence-corrected chi connectivity index (χ4v) is 4.32. The largest absolute Gasteiger partial charge is 0.573 e. The number of H-pyrrole nitrogens is 1. The summed E-state index contributed by atoms with van der Waals surface area (Å²) in [5.41, 5.74) is 2.36. The number of alkyl halides is 3. The molecule has 3 heterocycles. The van der Waals surface area contributed by atoms with Crippen molar-refractivity contribution in [3.05, 3.63) is 64.6 Å². The molecule has 5 rings (SSSR count). The number of benzene rings is 2. The minimum absolute atomic E-state index is 0. The number of piperidine rings is 1. The highest BCUT2D eigenvalue weighted by molar-refractivity contribution is 6.04. The molecule has 2 aromatic carbocycles. The molecular formula is C22H20ClF3N4O2. The third-order valence-corrected chi connectivity index (χ3v) is 5.62. The van der Waals surface area contributed by atoms with Crippen LogP contribution in [-0.2, 0) is 0 Å². The summed E-state index contributed by atoms with van der Waals surface area (Å²) in [5.74, 6) is -0.136. The summed E-state index contributed by atoms with van der Waals surface area (Å²) in [7, 11) is 0. The van der Waals surface area contributed by atoms with E-state index in [1.165, 1.54) is 12.1 Å². The zero-order chi connectivity index (χ0) is 21.6. The standard InChI is InChI=1S/C22H19F3N4O2.ClH/c23-22(24,25)31-18-7-2-1-4-14(18)15-5-3-6-16-20(15)21-27-19(30)12-17(29(21)28-16)13-8-10-26-11-9-13;/h1-7,12-13,26H,8-11H2,(H,27,30);1H. The molecule has 0 amide bonds. The van der Waals surface area contributed by atoms with Crippen LogP contribution in [0.4, 0.5) is 13.2 Å². The first-order valence-corrected chi connectivity index (χ1v) is 10.0. The second-order valence-electron chi connectivity index (χ2n) is 7.59. The highest BCUT2D eigenvalue weighted by atomic mass is 35.5. The van der Waals surface area contributed by atoms with Crippen LogP contribution < -0.4 is 15.6 Å². The lowest BCUT2D eigenvalue weighted by Crippen LogP contribution is -2.28. The van der Waals surface area contributed by atoms with Crippen LogP contribution >= 0.6 is 12.4 Å². The summed E-state index contributed by atoms with van der Waals surface area (Å²) < 4.78 is 44.9. The number of aromatic amines is 1. The second-order valence-corrected chi connectivity index (χ2v) is 7.59. The summed E-state index contributed by atoms with van der Waals surface area (Å²) in [6.07, 6.45) is -3.06. The Bertz CT molecular complexity index is 1330. The lowest BCUT2D eigenvalue weighted by atomic mass is 9.94. The zero-order valence-electron chi connectivity index (χ0n) is 16.8. The summed E-state index contributed by atoms with van der Waals surface area (Å²) in [6, 6.07) is 12.8. The van der Waals surface area contributed by atoms with Crippen molar-refractivity contribution in [2.75, 3.05) is 13.1 Å². The number of fused-ring (bicyclic) bond motifs is 3. The maximum absolute atomic E-state index is 13.0. The smallest absolute Gasteiger partial charge is 0.405 e. The molecule has 0 unspecified atom stereocenters. The van der Waals surface area contributed by atoms with E-state index in [2.05, 4.69) is 20.1 Å². The molecule has 0 saturated carbocycles. The van der Waals surface area contributed by atoms with Crippen LogP contribution in [0.5, 0.6) is 5.75 Å². The number of nitrogens with zero attached hydrogens (tertiary/aromatic N) is 2. The van der Waals surface area contributed by atoms with E-state index < -0.39 is 6.36 Å². The van der Waals surface area contributed by atoms with E-state index in [4.69, 9.17) is 0 Å². The van der Waals surface area contributed by atoms with Crippen LogP contribution in [-0.4, -0.2) is 34.0 Å². The average molecular weight is 465 g/mol. The molecule has 1 fully saturated rings. The Morgan fingerprint density at radius 3 is 2.50 bits per heavy atom. The van der Waals surface area contributed by atoms with Crippen molar-refractivity contribution in [1.29, 1.82) is 0 Å². The van der Waals surface area contributed by atoms with Gasteiger partial charge in [0.05, 0.1) is 16.6 Å². The fourth-order valence-electron chi connectivity index (χ4n) is 4.32. The number of hydrogen-bond donors (Lipinski definition) is 2. The topological polar surface area (TPSA) is 71.4 Å². The molecule has 0 bridgehead atoms. The van der Waals surface area contributed by atoms with Gasteiger partial charge in [0.1, 0.15) is 11.4 Å². The Balaban J connectivity index is 0.00000245. The Morgan fingerprint density at radius 1 is 1.03 bits per heavy atom. The van der Waals surface area contributed by atoms with E-state index in [0.717, 1.165) is 31.6 Å². The minimum Gasteiger partial charge on any atom is -0.405 e. The van der Waals surface area contributed by atoms with Gasteiger partial charge < -0.3 is 15.0 Å². The van der Waals surface area contributed by atoms with E-state index in [-0.39, 0.29) is 35.2 Å². The molecule has 0 aliphatic carbocycles. The quantitative estimate of drug-likeness (QED) is 0.464. The molecule has 0 atom stereocenters. The molecule has 1 aliphatic rings. The van der Waals surface area contributed by atoms with Gasteiger partial charge in [0.25, 0.3) is 5.56 Å². The molecule has 4 aromatic rings. The van der Waals surface area contributed by atoms with Gasteiger partial charge in [-0.15, -0.1) is 25.6 Å². The number of hydrogen-bond acceptors (Lipinski definition) is 4. The van der Waals surface area contributed by atoms with E-state index in [1.54, 1.807) is 40.9 Å². The van der Waals surface area contributed by atoms with Crippen molar-refractivity contribution < 1.29 is 17.9 Å². The first-order valence-electron chi connectivity index (χ1n) is 10.0. The van der Waals surface area contributed by atoms with E-state index in [1.807, 2.05) is 0 Å². The van der Waals surface area contributed by atoms with E-state index >= 15 is 0 Å². The van der Waals surface area contributed by atoms with Gasteiger partial charge in [0, 0.05) is 17.5 Å². The van der Waals surface area contributed by atoms with Gasteiger partial charge in [-0.2, -0.15) is 5.10 Å². The number of rotatable bonds is 3. The Labute approximate surface area is 186 Å². The molecule has 1 aliphatic heterocycles. The van der Waals surface area contributed by atoms with Crippen molar-refractivity contribution in [2.45, 2.75) is 25.1 Å². The predicted octanol–water partition coefficient (Wildman–Crippen LogP) is 4.63. The first-order chi connectivity index (χ1) is 14.9. The number of halogens is 4. The van der Waals surface area contributed by atoms with Crippen LogP contribution in [0.2, 0.25) is 0 Å². The molecule has 168 valence electrons. The van der Waals surface area contributed by atoms with E-state index in [9.17, 15) is 18.0 Å². The predicted molar refractivity (Wildman–Crippen MR) is 118 cm³/mol. The Hall–Kier alpha value is -3.04. The summed E-state index contributed by atoms with van der Waals surface area (Å²) >= 11 is 0. The van der Waals surface area contributed by atoms with Crippen molar-refractivity contribution in [3.63, 3.8) is 0 Å². The molecular weight excluding hydrogens is 445 g/mol. The van der Waals surface area contributed by atoms with Gasteiger partial charge >= 0.3 is 6.36 Å². The summed E-state index contributed by atoms with van der Waals surface area (Å²) in [6.45, 7) is 1.71. The molecule has 2 N–H and O–H groups in total. The Kier molecular flexibility index (Phi) is 5.87. The molecule has 0 radical (unpaired) electrons. The number of aromatic nitrogens is 3. The van der Waals surface area contributed by atoms with Crippen LogP contribution in [0, 0.1) is 0 Å². The maximum Gasteiger partial charge on any atom is 0.573 e. The number of nitrogens with one attached hydrogen (secondary N) is 2. The van der Waals surface area contributed by atoms with Gasteiger partial charge in [0.15, 0.2) is 0 Å². The third kappa shape index (κ3) is 4.05. The van der Waals surface area contributed by atoms with Crippen LogP contribution in [0.1, 0.15) is 24.5 Å². The highest BCUT2D eigenvalue weighted by Crippen LogP contribution is 2.39. The van der Waals surface area contributed by atoms with Crippen molar-refractivity contribution in [1.82, 2.24) is 19.9 Å². The monoisotopic (exact) mass is 464 g/mol. The lowest BCUT2D eigenvalue weighted by Gasteiger charge is -2.23. The van der Waals surface area contributed by atoms with Gasteiger partial charge in [0.2, 0.25) is 0 Å². The minimum atomic E-state index is -4.82. The molecule has 10 heteroatoms. The van der Waals surface area contributed by atoms with Crippen LogP contribution in [0.15, 0.2) is 53.3 Å². The maximum atomic E-state index is 13.0. The molecule has 1 saturated heterocycles. The van der Waals surface area contributed by atoms with Crippen LogP contribution in [0.25, 0.3) is 27.7 Å². The van der Waals surface area contributed by atoms with Gasteiger partial charge in [-0.25, -0.2) is 4.52 Å². The molecule has 6 nitrogen and oxygen atoms in total. The first kappa shape index (κ1) is 22.2. The van der Waals surface area contributed by atoms with Crippen molar-refractivity contribution in [2.24, 2.45) is 0 Å².